The molecule has 0 aromatic carbocycles. The number of ether oxygens (including phenoxy) is 1. The lowest BCUT2D eigenvalue weighted by atomic mass is 10.0. The van der Waals surface area contributed by atoms with Crippen LogP contribution in [0.4, 0.5) is 0 Å². The first-order valence-corrected chi connectivity index (χ1v) is 8.62. The number of rotatable bonds is 7. The van der Waals surface area contributed by atoms with Gasteiger partial charge in [0.25, 0.3) is 0 Å². The smallest absolute Gasteiger partial charge is 0.328 e. The number of carbonyl (C=O) groups excluding carboxylic acids is 3. The molecule has 24 heavy (non-hydrogen) atoms. The summed E-state index contributed by atoms with van der Waals surface area (Å²) in [6.07, 6.45) is 0.551. The Kier molecular flexibility index (Phi) is 8.18. The van der Waals surface area contributed by atoms with Crippen molar-refractivity contribution in [2.75, 3.05) is 39.8 Å². The number of hydrogen-bond donors (Lipinski definition) is 1. The van der Waals surface area contributed by atoms with Crippen LogP contribution in [-0.2, 0) is 19.1 Å². The minimum atomic E-state index is -0.605. The Morgan fingerprint density at radius 1 is 1.04 bits per heavy atom. The number of piperazine rings is 1. The first-order chi connectivity index (χ1) is 11.2. The molecule has 0 unspecified atom stereocenters. The van der Waals surface area contributed by atoms with Crippen LogP contribution in [0.2, 0.25) is 0 Å². The SMILES string of the molecule is COC(=O)[C@H](CC(C)C)NC(=O)CN1CCN(C(=O)C(C)C)CC1. The summed E-state index contributed by atoms with van der Waals surface area (Å²) >= 11 is 0. The quantitative estimate of drug-likeness (QED) is 0.682. The second-order valence-electron chi connectivity index (χ2n) is 7.03. The number of methoxy groups -OCH3 is 1. The van der Waals surface area contributed by atoms with E-state index in [1.807, 2.05) is 37.5 Å². The molecular weight excluding hydrogens is 310 g/mol. The van der Waals surface area contributed by atoms with E-state index in [1.54, 1.807) is 0 Å². The molecule has 1 atom stereocenters. The van der Waals surface area contributed by atoms with Crippen molar-refractivity contribution in [3.63, 3.8) is 0 Å². The standard InChI is InChI=1S/C17H31N3O4/c1-12(2)10-14(17(23)24-5)18-15(21)11-19-6-8-20(9-7-19)16(22)13(3)4/h12-14H,6-11H2,1-5H3,(H,18,21)/t14-/m0/s1. The van der Waals surface area contributed by atoms with E-state index in [9.17, 15) is 14.4 Å². The van der Waals surface area contributed by atoms with E-state index >= 15 is 0 Å². The van der Waals surface area contributed by atoms with Crippen LogP contribution in [0.15, 0.2) is 0 Å². The zero-order valence-electron chi connectivity index (χ0n) is 15.5. The van der Waals surface area contributed by atoms with Crippen LogP contribution in [-0.4, -0.2) is 73.5 Å². The number of amides is 2. The molecule has 1 heterocycles. The summed E-state index contributed by atoms with van der Waals surface area (Å²) in [7, 11) is 1.33. The van der Waals surface area contributed by atoms with Gasteiger partial charge in [0, 0.05) is 32.1 Å². The number of hydrogen-bond acceptors (Lipinski definition) is 5. The van der Waals surface area contributed by atoms with Crippen LogP contribution >= 0.6 is 0 Å². The molecule has 1 N–H and O–H groups in total. The fraction of sp³-hybridized carbons (Fsp3) is 0.824. The van der Waals surface area contributed by atoms with Gasteiger partial charge in [-0.15, -0.1) is 0 Å². The van der Waals surface area contributed by atoms with Gasteiger partial charge in [0.05, 0.1) is 13.7 Å². The molecular formula is C17H31N3O4. The molecule has 2 amide bonds. The van der Waals surface area contributed by atoms with Gasteiger partial charge in [-0.05, 0) is 12.3 Å². The van der Waals surface area contributed by atoms with E-state index in [2.05, 4.69) is 5.32 Å². The van der Waals surface area contributed by atoms with Crippen LogP contribution in [0, 0.1) is 11.8 Å². The van der Waals surface area contributed by atoms with Gasteiger partial charge in [-0.2, -0.15) is 0 Å². The van der Waals surface area contributed by atoms with E-state index < -0.39 is 12.0 Å². The number of nitrogens with one attached hydrogen (secondary N) is 1. The Hall–Kier alpha value is -1.63. The van der Waals surface area contributed by atoms with Crippen molar-refractivity contribution < 1.29 is 19.1 Å². The van der Waals surface area contributed by atoms with Gasteiger partial charge in [-0.25, -0.2) is 4.79 Å². The summed E-state index contributed by atoms with van der Waals surface area (Å²) in [6.45, 7) is 10.6. The highest BCUT2D eigenvalue weighted by Gasteiger charge is 2.26. The second kappa shape index (κ2) is 9.61. The minimum Gasteiger partial charge on any atom is -0.467 e. The highest BCUT2D eigenvalue weighted by atomic mass is 16.5. The number of carbonyl (C=O) groups is 3. The predicted molar refractivity (Wildman–Crippen MR) is 91.3 cm³/mol. The Labute approximate surface area is 144 Å². The Bertz CT molecular complexity index is 443. The topological polar surface area (TPSA) is 79.0 Å². The fourth-order valence-electron chi connectivity index (χ4n) is 2.76. The average Bonchev–Trinajstić information content (AvgIpc) is 2.52. The number of nitrogens with zero attached hydrogens (tertiary/aromatic N) is 2. The lowest BCUT2D eigenvalue weighted by Gasteiger charge is -2.35. The summed E-state index contributed by atoms with van der Waals surface area (Å²) in [5, 5.41) is 2.76. The summed E-state index contributed by atoms with van der Waals surface area (Å²) < 4.78 is 4.76. The van der Waals surface area contributed by atoms with Crippen LogP contribution in [0.3, 0.4) is 0 Å². The average molecular weight is 341 g/mol. The van der Waals surface area contributed by atoms with Gasteiger partial charge in [-0.3, -0.25) is 14.5 Å². The van der Waals surface area contributed by atoms with Crippen molar-refractivity contribution in [3.8, 4) is 0 Å². The van der Waals surface area contributed by atoms with Crippen LogP contribution in [0.5, 0.6) is 0 Å². The van der Waals surface area contributed by atoms with Gasteiger partial charge < -0.3 is 15.0 Å². The molecule has 0 radical (unpaired) electrons. The molecule has 0 aromatic heterocycles. The first-order valence-electron chi connectivity index (χ1n) is 8.62. The first kappa shape index (κ1) is 20.4. The largest absolute Gasteiger partial charge is 0.467 e. The highest BCUT2D eigenvalue weighted by molar-refractivity contribution is 5.85. The normalized spacial score (nSPS) is 17.0. The molecule has 1 fully saturated rings. The molecule has 0 spiro atoms. The van der Waals surface area contributed by atoms with Gasteiger partial charge in [0.15, 0.2) is 0 Å². The third-order valence-electron chi connectivity index (χ3n) is 4.07. The van der Waals surface area contributed by atoms with Gasteiger partial charge in [-0.1, -0.05) is 27.7 Å². The Morgan fingerprint density at radius 3 is 2.08 bits per heavy atom. The van der Waals surface area contributed by atoms with Gasteiger partial charge in [0.1, 0.15) is 6.04 Å². The third kappa shape index (κ3) is 6.47. The maximum atomic E-state index is 12.2. The van der Waals surface area contributed by atoms with E-state index in [1.165, 1.54) is 7.11 Å². The van der Waals surface area contributed by atoms with Crippen molar-refractivity contribution in [1.82, 2.24) is 15.1 Å². The summed E-state index contributed by atoms with van der Waals surface area (Å²) in [4.78, 5) is 39.8. The predicted octanol–water partition coefficient (Wildman–Crippen LogP) is 0.491. The fourth-order valence-corrected chi connectivity index (χ4v) is 2.76. The number of esters is 1. The van der Waals surface area contributed by atoms with Crippen molar-refractivity contribution in [2.24, 2.45) is 11.8 Å². The Balaban J connectivity index is 2.45. The molecule has 0 aromatic rings. The molecule has 138 valence electrons. The van der Waals surface area contributed by atoms with Crippen LogP contribution in [0.25, 0.3) is 0 Å². The lowest BCUT2D eigenvalue weighted by molar-refractivity contribution is -0.146. The molecule has 0 saturated carbocycles. The highest BCUT2D eigenvalue weighted by Crippen LogP contribution is 2.08. The summed E-state index contributed by atoms with van der Waals surface area (Å²) in [6, 6.07) is -0.605. The molecule has 1 rings (SSSR count). The van der Waals surface area contributed by atoms with Gasteiger partial charge >= 0.3 is 5.97 Å². The molecule has 7 heteroatoms. The molecule has 7 nitrogen and oxygen atoms in total. The zero-order valence-corrected chi connectivity index (χ0v) is 15.5. The van der Waals surface area contributed by atoms with Crippen molar-refractivity contribution in [1.29, 1.82) is 0 Å². The molecule has 1 saturated heterocycles. The summed E-state index contributed by atoms with van der Waals surface area (Å²) in [5.41, 5.74) is 0. The van der Waals surface area contributed by atoms with E-state index in [0.717, 1.165) is 0 Å². The molecule has 0 aliphatic carbocycles. The summed E-state index contributed by atoms with van der Waals surface area (Å²) in [5.74, 6) is -0.169. The molecule has 1 aliphatic rings. The molecule has 1 aliphatic heterocycles. The van der Waals surface area contributed by atoms with E-state index in [0.29, 0.717) is 32.6 Å². The van der Waals surface area contributed by atoms with E-state index in [-0.39, 0.29) is 30.2 Å². The molecule has 0 bridgehead atoms. The monoisotopic (exact) mass is 341 g/mol. The van der Waals surface area contributed by atoms with Gasteiger partial charge in [0.2, 0.25) is 11.8 Å². The van der Waals surface area contributed by atoms with E-state index in [4.69, 9.17) is 4.74 Å². The van der Waals surface area contributed by atoms with Crippen molar-refractivity contribution in [3.05, 3.63) is 0 Å². The second-order valence-corrected chi connectivity index (χ2v) is 7.03. The Morgan fingerprint density at radius 2 is 1.62 bits per heavy atom. The minimum absolute atomic E-state index is 0.00306. The van der Waals surface area contributed by atoms with Crippen LogP contribution in [0.1, 0.15) is 34.1 Å². The van der Waals surface area contributed by atoms with Crippen molar-refractivity contribution in [2.45, 2.75) is 40.2 Å². The van der Waals surface area contributed by atoms with Crippen molar-refractivity contribution >= 4 is 17.8 Å². The maximum Gasteiger partial charge on any atom is 0.328 e. The lowest BCUT2D eigenvalue weighted by Crippen LogP contribution is -2.53. The van der Waals surface area contributed by atoms with Crippen LogP contribution < -0.4 is 5.32 Å². The third-order valence-corrected chi connectivity index (χ3v) is 4.07. The zero-order chi connectivity index (χ0) is 18.3. The maximum absolute atomic E-state index is 12.2.